The van der Waals surface area contributed by atoms with Crippen molar-refractivity contribution in [3.05, 3.63) is 204 Å². The Labute approximate surface area is 365 Å². The number of furan rings is 1. The molecule has 2 aliphatic carbocycles. The maximum atomic E-state index is 6.72. The summed E-state index contributed by atoms with van der Waals surface area (Å²) in [5.74, 6) is 0. The number of benzene rings is 9. The van der Waals surface area contributed by atoms with E-state index in [1.165, 1.54) is 99.2 Å². The fraction of sp³-hybridized carbons (Fsp3) is 0.100. The quantitative estimate of drug-likeness (QED) is 0.174. The monoisotopic (exact) mass is 806 g/mol. The van der Waals surface area contributed by atoms with Gasteiger partial charge in [0.15, 0.2) is 0 Å². The zero-order valence-electron chi connectivity index (χ0n) is 35.6. The summed E-state index contributed by atoms with van der Waals surface area (Å²) in [5.41, 5.74) is 21.9. The molecular formula is C60H42N2O. The van der Waals surface area contributed by atoms with Crippen LogP contribution in [0.4, 0.5) is 0 Å². The smallest absolute Gasteiger partial charge is 0.136 e. The average Bonchev–Trinajstić information content (AvgIpc) is 4.06. The summed E-state index contributed by atoms with van der Waals surface area (Å²) >= 11 is 0. The minimum atomic E-state index is -0.127. The molecule has 3 nitrogen and oxygen atoms in total. The van der Waals surface area contributed by atoms with Crippen molar-refractivity contribution in [2.24, 2.45) is 0 Å². The van der Waals surface area contributed by atoms with E-state index >= 15 is 0 Å². The first-order valence-corrected chi connectivity index (χ1v) is 22.2. The molecular weight excluding hydrogens is 765 g/mol. The first kappa shape index (κ1) is 35.0. The molecule has 12 aromatic rings. The fourth-order valence-corrected chi connectivity index (χ4v) is 11.9. The molecule has 14 rings (SSSR count). The molecule has 0 N–H and O–H groups in total. The van der Waals surface area contributed by atoms with E-state index in [0.717, 1.165) is 33.3 Å². The normalized spacial score (nSPS) is 14.6. The number of para-hydroxylation sites is 2. The average molecular weight is 807 g/mol. The number of fused-ring (bicyclic) bond motifs is 15. The maximum absolute atomic E-state index is 6.72. The van der Waals surface area contributed by atoms with E-state index in [4.69, 9.17) is 4.42 Å². The van der Waals surface area contributed by atoms with Gasteiger partial charge in [-0.1, -0.05) is 131 Å². The van der Waals surface area contributed by atoms with Crippen LogP contribution in [0.25, 0.3) is 110 Å². The minimum Gasteiger partial charge on any atom is -0.456 e. The molecule has 0 unspecified atom stereocenters. The Morgan fingerprint density at radius 2 is 0.905 bits per heavy atom. The van der Waals surface area contributed by atoms with Crippen LogP contribution in [-0.4, -0.2) is 9.13 Å². The van der Waals surface area contributed by atoms with Gasteiger partial charge in [-0.3, -0.25) is 0 Å². The first-order valence-electron chi connectivity index (χ1n) is 22.2. The molecule has 3 heteroatoms. The first-order chi connectivity index (χ1) is 30.8. The van der Waals surface area contributed by atoms with E-state index in [1.807, 2.05) is 0 Å². The summed E-state index contributed by atoms with van der Waals surface area (Å²) in [5, 5.41) is 7.28. The van der Waals surface area contributed by atoms with Crippen LogP contribution in [0, 0.1) is 0 Å². The summed E-state index contributed by atoms with van der Waals surface area (Å²) in [4.78, 5) is 0. The van der Waals surface area contributed by atoms with E-state index < -0.39 is 0 Å². The molecule has 3 aromatic heterocycles. The molecule has 2 aliphatic rings. The van der Waals surface area contributed by atoms with Crippen LogP contribution in [0.2, 0.25) is 0 Å². The molecule has 0 saturated heterocycles. The van der Waals surface area contributed by atoms with Crippen molar-refractivity contribution in [1.82, 2.24) is 9.13 Å². The number of nitrogens with zero attached hydrogens (tertiary/aromatic N) is 2. The second kappa shape index (κ2) is 12.1. The Kier molecular flexibility index (Phi) is 6.70. The number of rotatable bonds is 3. The zero-order valence-corrected chi connectivity index (χ0v) is 35.6. The van der Waals surface area contributed by atoms with Gasteiger partial charge < -0.3 is 13.6 Å². The maximum Gasteiger partial charge on any atom is 0.136 e. The van der Waals surface area contributed by atoms with Crippen molar-refractivity contribution in [2.75, 3.05) is 0 Å². The van der Waals surface area contributed by atoms with Crippen molar-refractivity contribution >= 4 is 65.6 Å². The third-order valence-electron chi connectivity index (χ3n) is 14.9. The van der Waals surface area contributed by atoms with E-state index in [1.54, 1.807) is 0 Å². The highest BCUT2D eigenvalue weighted by molar-refractivity contribution is 6.17. The second-order valence-corrected chi connectivity index (χ2v) is 18.9. The van der Waals surface area contributed by atoms with Crippen molar-refractivity contribution in [2.45, 2.75) is 38.5 Å². The van der Waals surface area contributed by atoms with Gasteiger partial charge in [-0.05, 0) is 134 Å². The Bertz CT molecular complexity index is 3840. The van der Waals surface area contributed by atoms with Crippen LogP contribution in [0.5, 0.6) is 0 Å². The highest BCUT2D eigenvalue weighted by atomic mass is 16.3. The van der Waals surface area contributed by atoms with Crippen LogP contribution < -0.4 is 0 Å². The van der Waals surface area contributed by atoms with Crippen LogP contribution in [0.1, 0.15) is 49.9 Å². The van der Waals surface area contributed by atoms with Gasteiger partial charge in [0.05, 0.1) is 22.1 Å². The minimum absolute atomic E-state index is 0.127. The Morgan fingerprint density at radius 3 is 1.60 bits per heavy atom. The third kappa shape index (κ3) is 4.54. The summed E-state index contributed by atoms with van der Waals surface area (Å²) in [6.45, 7) is 9.53. The van der Waals surface area contributed by atoms with Crippen molar-refractivity contribution in [3.8, 4) is 44.8 Å². The molecule has 298 valence electrons. The van der Waals surface area contributed by atoms with Gasteiger partial charge in [-0.15, -0.1) is 0 Å². The van der Waals surface area contributed by atoms with Gasteiger partial charge in [0, 0.05) is 54.5 Å². The van der Waals surface area contributed by atoms with Crippen LogP contribution in [0.15, 0.2) is 186 Å². The third-order valence-corrected chi connectivity index (χ3v) is 14.9. The highest BCUT2D eigenvalue weighted by Crippen LogP contribution is 2.54. The van der Waals surface area contributed by atoms with Gasteiger partial charge in [-0.2, -0.15) is 0 Å². The number of hydrogen-bond donors (Lipinski definition) is 0. The fourth-order valence-electron chi connectivity index (χ4n) is 11.9. The second-order valence-electron chi connectivity index (χ2n) is 18.9. The molecule has 0 atom stereocenters. The lowest BCUT2D eigenvalue weighted by Crippen LogP contribution is -2.15. The lowest BCUT2D eigenvalue weighted by Gasteiger charge is -2.22. The van der Waals surface area contributed by atoms with E-state index in [0.29, 0.717) is 0 Å². The van der Waals surface area contributed by atoms with Crippen molar-refractivity contribution in [3.63, 3.8) is 0 Å². The summed E-state index contributed by atoms with van der Waals surface area (Å²) in [6.07, 6.45) is 0. The lowest BCUT2D eigenvalue weighted by molar-refractivity contribution is 0.660. The zero-order chi connectivity index (χ0) is 41.9. The summed E-state index contributed by atoms with van der Waals surface area (Å²) < 4.78 is 11.6. The largest absolute Gasteiger partial charge is 0.456 e. The molecule has 0 fully saturated rings. The molecule has 0 aliphatic heterocycles. The Morgan fingerprint density at radius 1 is 0.333 bits per heavy atom. The Balaban J connectivity index is 1.03. The highest BCUT2D eigenvalue weighted by Gasteiger charge is 2.38. The van der Waals surface area contributed by atoms with Gasteiger partial charge in [-0.25, -0.2) is 0 Å². The van der Waals surface area contributed by atoms with Gasteiger partial charge in [0.1, 0.15) is 11.2 Å². The molecule has 0 saturated carbocycles. The molecule has 3 heterocycles. The SMILES string of the molecule is CC1(C)c2ccccc2-c2cc3c4cc5c(cc4n(-c4ccc6oc7cccc(-c8ccc9c(c8)c8ccccc8n9-c8ccccc8)c7c6c4)c3cc21)C(C)(C)c1ccccc1-5. The molecule has 0 radical (unpaired) electrons. The predicted octanol–water partition coefficient (Wildman–Crippen LogP) is 16.1. The van der Waals surface area contributed by atoms with Gasteiger partial charge in [0.2, 0.25) is 0 Å². The topological polar surface area (TPSA) is 23.0 Å². The Hall–Kier alpha value is -7.62. The lowest BCUT2D eigenvalue weighted by atomic mass is 9.82. The van der Waals surface area contributed by atoms with Crippen LogP contribution in [0.3, 0.4) is 0 Å². The summed E-state index contributed by atoms with van der Waals surface area (Å²) in [6, 6.07) is 67.7. The number of hydrogen-bond acceptors (Lipinski definition) is 1. The molecule has 0 amide bonds. The predicted molar refractivity (Wildman–Crippen MR) is 263 cm³/mol. The van der Waals surface area contributed by atoms with Crippen LogP contribution in [-0.2, 0) is 10.8 Å². The number of aromatic nitrogens is 2. The molecule has 0 bridgehead atoms. The van der Waals surface area contributed by atoms with Crippen molar-refractivity contribution < 1.29 is 4.42 Å². The van der Waals surface area contributed by atoms with Crippen LogP contribution >= 0.6 is 0 Å². The summed E-state index contributed by atoms with van der Waals surface area (Å²) in [7, 11) is 0. The van der Waals surface area contributed by atoms with E-state index in [9.17, 15) is 0 Å². The van der Waals surface area contributed by atoms with Crippen molar-refractivity contribution in [1.29, 1.82) is 0 Å². The molecule has 63 heavy (non-hydrogen) atoms. The van der Waals surface area contributed by atoms with E-state index in [2.05, 4.69) is 219 Å². The van der Waals surface area contributed by atoms with E-state index in [-0.39, 0.29) is 10.8 Å². The standard InChI is InChI=1S/C60H42N2O/c1-59(2)48-21-11-8-17-39(48)42-31-45-46-32-43-40-18-9-12-22-49(40)60(3,4)51(43)34-55(46)62(54(45)33-50(42)59)37-26-28-56-47(30-37)58-38(20-14-24-57(58)63-56)35-25-27-53-44(29-35)41-19-10-13-23-52(41)61(53)36-15-6-5-7-16-36/h5-34H,1-4H3. The molecule has 0 spiro atoms. The van der Waals surface area contributed by atoms with Gasteiger partial charge >= 0.3 is 0 Å². The molecule has 9 aromatic carbocycles. The van der Waals surface area contributed by atoms with Gasteiger partial charge in [0.25, 0.3) is 0 Å².